The lowest BCUT2D eigenvalue weighted by Crippen LogP contribution is -2.37. The molecule has 0 aliphatic rings. The lowest BCUT2D eigenvalue weighted by atomic mass is 10.2. The number of amides is 2. The normalized spacial score (nSPS) is 10.1. The monoisotopic (exact) mass is 300 g/mol. The Bertz CT molecular complexity index is 711. The fourth-order valence-corrected chi connectivity index (χ4v) is 1.91. The van der Waals surface area contributed by atoms with Crippen LogP contribution in [0.3, 0.4) is 0 Å². The summed E-state index contributed by atoms with van der Waals surface area (Å²) in [5.74, 6) is -1.36. The van der Waals surface area contributed by atoms with Gasteiger partial charge in [0.15, 0.2) is 0 Å². The Kier molecular flexibility index (Phi) is 4.31. The molecule has 0 bridgehead atoms. The molecule has 0 fully saturated rings. The van der Waals surface area contributed by atoms with Gasteiger partial charge < -0.3 is 20.4 Å². The van der Waals surface area contributed by atoms with Crippen LogP contribution >= 0.6 is 0 Å². The van der Waals surface area contributed by atoms with Gasteiger partial charge in [-0.2, -0.15) is 0 Å². The molecule has 6 nitrogen and oxygen atoms in total. The average Bonchev–Trinajstić information content (AvgIpc) is 2.49. The SMILES string of the molecule is Cc1cc(O)ccc1NC(=O)C(=O)N(C)c1ccc(O)cc1. The summed E-state index contributed by atoms with van der Waals surface area (Å²) in [6.45, 7) is 1.71. The van der Waals surface area contributed by atoms with E-state index in [1.807, 2.05) is 0 Å². The standard InChI is InChI=1S/C16H16N2O4/c1-10-9-13(20)7-8-14(10)17-15(21)16(22)18(2)11-3-5-12(19)6-4-11/h3-9,19-20H,1-2H3,(H,17,21). The summed E-state index contributed by atoms with van der Waals surface area (Å²) in [5.41, 5.74) is 1.59. The number of carbonyl (C=O) groups excluding carboxylic acids is 2. The topological polar surface area (TPSA) is 89.9 Å². The van der Waals surface area contributed by atoms with Crippen molar-refractivity contribution in [2.75, 3.05) is 17.3 Å². The molecule has 2 amide bonds. The van der Waals surface area contributed by atoms with E-state index in [0.29, 0.717) is 16.9 Å². The van der Waals surface area contributed by atoms with Gasteiger partial charge in [0.05, 0.1) is 0 Å². The third-order valence-corrected chi connectivity index (χ3v) is 3.19. The highest BCUT2D eigenvalue weighted by Crippen LogP contribution is 2.21. The molecule has 0 aliphatic heterocycles. The minimum atomic E-state index is -0.788. The van der Waals surface area contributed by atoms with E-state index < -0.39 is 11.8 Å². The summed E-state index contributed by atoms with van der Waals surface area (Å²) in [4.78, 5) is 25.3. The number of rotatable bonds is 2. The molecule has 0 saturated carbocycles. The molecule has 0 unspecified atom stereocenters. The molecule has 0 spiro atoms. The number of carbonyl (C=O) groups is 2. The number of nitrogens with one attached hydrogen (secondary N) is 1. The van der Waals surface area contributed by atoms with Gasteiger partial charge >= 0.3 is 11.8 Å². The molecule has 3 N–H and O–H groups in total. The fraction of sp³-hybridized carbons (Fsp3) is 0.125. The van der Waals surface area contributed by atoms with E-state index in [1.54, 1.807) is 6.92 Å². The van der Waals surface area contributed by atoms with Crippen LogP contribution in [0.5, 0.6) is 11.5 Å². The van der Waals surface area contributed by atoms with Crippen LogP contribution in [0.4, 0.5) is 11.4 Å². The number of aromatic hydroxyl groups is 2. The van der Waals surface area contributed by atoms with Crippen LogP contribution in [0.15, 0.2) is 42.5 Å². The van der Waals surface area contributed by atoms with Gasteiger partial charge in [0.2, 0.25) is 0 Å². The van der Waals surface area contributed by atoms with Gasteiger partial charge in [0.1, 0.15) is 11.5 Å². The molecule has 2 aromatic carbocycles. The predicted octanol–water partition coefficient (Wildman–Crippen LogP) is 2.01. The third kappa shape index (κ3) is 3.35. The van der Waals surface area contributed by atoms with Crippen LogP contribution in [0, 0.1) is 6.92 Å². The highest BCUT2D eigenvalue weighted by molar-refractivity contribution is 6.44. The summed E-state index contributed by atoms with van der Waals surface area (Å²) in [5, 5.41) is 21.1. The Hall–Kier alpha value is -3.02. The number of likely N-dealkylation sites (N-methyl/N-ethyl adjacent to an activating group) is 1. The molecule has 6 heteroatoms. The van der Waals surface area contributed by atoms with E-state index in [4.69, 9.17) is 0 Å². The average molecular weight is 300 g/mol. The molecule has 0 aromatic heterocycles. The molecule has 0 radical (unpaired) electrons. The van der Waals surface area contributed by atoms with Crippen molar-refractivity contribution in [2.24, 2.45) is 0 Å². The second-order valence-electron chi connectivity index (χ2n) is 4.83. The molecule has 0 heterocycles. The Morgan fingerprint density at radius 2 is 1.59 bits per heavy atom. The first-order valence-corrected chi connectivity index (χ1v) is 6.56. The number of aryl methyl sites for hydroxylation is 1. The minimum Gasteiger partial charge on any atom is -0.508 e. The summed E-state index contributed by atoms with van der Waals surface area (Å²) in [6.07, 6.45) is 0. The van der Waals surface area contributed by atoms with E-state index in [-0.39, 0.29) is 11.5 Å². The van der Waals surface area contributed by atoms with Crippen molar-refractivity contribution >= 4 is 23.2 Å². The van der Waals surface area contributed by atoms with Gasteiger partial charge in [-0.25, -0.2) is 0 Å². The van der Waals surface area contributed by atoms with Gasteiger partial charge in [-0.1, -0.05) is 0 Å². The maximum Gasteiger partial charge on any atom is 0.316 e. The second kappa shape index (κ2) is 6.17. The number of phenolic OH excluding ortho intramolecular Hbond substituents is 2. The van der Waals surface area contributed by atoms with Gasteiger partial charge in [0.25, 0.3) is 0 Å². The van der Waals surface area contributed by atoms with Crippen molar-refractivity contribution in [3.8, 4) is 11.5 Å². The van der Waals surface area contributed by atoms with Gasteiger partial charge in [-0.05, 0) is 55.0 Å². The molecule has 0 saturated heterocycles. The van der Waals surface area contributed by atoms with E-state index in [9.17, 15) is 19.8 Å². The number of hydrogen-bond acceptors (Lipinski definition) is 4. The second-order valence-corrected chi connectivity index (χ2v) is 4.83. The molecule has 0 atom stereocenters. The largest absolute Gasteiger partial charge is 0.508 e. The lowest BCUT2D eigenvalue weighted by Gasteiger charge is -2.17. The van der Waals surface area contributed by atoms with Gasteiger partial charge in [-0.15, -0.1) is 0 Å². The minimum absolute atomic E-state index is 0.0776. The molecular weight excluding hydrogens is 284 g/mol. The van der Waals surface area contributed by atoms with Crippen LogP contribution in [-0.2, 0) is 9.59 Å². The van der Waals surface area contributed by atoms with Crippen LogP contribution in [-0.4, -0.2) is 29.1 Å². The van der Waals surface area contributed by atoms with Gasteiger partial charge in [0, 0.05) is 18.4 Å². The molecule has 2 rings (SSSR count). The third-order valence-electron chi connectivity index (χ3n) is 3.19. The Balaban J connectivity index is 2.11. The highest BCUT2D eigenvalue weighted by Gasteiger charge is 2.20. The van der Waals surface area contributed by atoms with Gasteiger partial charge in [-0.3, -0.25) is 9.59 Å². The zero-order chi connectivity index (χ0) is 16.3. The number of benzene rings is 2. The number of anilines is 2. The zero-order valence-electron chi connectivity index (χ0n) is 12.2. The smallest absolute Gasteiger partial charge is 0.316 e. The zero-order valence-corrected chi connectivity index (χ0v) is 12.2. The van der Waals surface area contributed by atoms with Crippen molar-refractivity contribution in [3.63, 3.8) is 0 Å². The fourth-order valence-electron chi connectivity index (χ4n) is 1.91. The van der Waals surface area contributed by atoms with E-state index in [1.165, 1.54) is 54.4 Å². The Labute approximate surface area is 127 Å². The predicted molar refractivity (Wildman–Crippen MR) is 83.0 cm³/mol. The lowest BCUT2D eigenvalue weighted by molar-refractivity contribution is -0.134. The maximum absolute atomic E-state index is 12.1. The first-order chi connectivity index (χ1) is 10.4. The van der Waals surface area contributed by atoms with Crippen molar-refractivity contribution < 1.29 is 19.8 Å². The molecular formula is C16H16N2O4. The van der Waals surface area contributed by atoms with Crippen molar-refractivity contribution in [1.82, 2.24) is 0 Å². The number of nitrogens with zero attached hydrogens (tertiary/aromatic N) is 1. The summed E-state index contributed by atoms with van der Waals surface area (Å²) in [7, 11) is 1.47. The summed E-state index contributed by atoms with van der Waals surface area (Å²) < 4.78 is 0. The molecule has 114 valence electrons. The quantitative estimate of drug-likeness (QED) is 0.584. The summed E-state index contributed by atoms with van der Waals surface area (Å²) in [6, 6.07) is 10.4. The van der Waals surface area contributed by atoms with Crippen LogP contribution < -0.4 is 10.2 Å². The van der Waals surface area contributed by atoms with Crippen LogP contribution in [0.2, 0.25) is 0 Å². The molecule has 0 aliphatic carbocycles. The number of hydrogen-bond donors (Lipinski definition) is 3. The van der Waals surface area contributed by atoms with E-state index in [0.717, 1.165) is 0 Å². The maximum atomic E-state index is 12.1. The first kappa shape index (κ1) is 15.4. The number of phenols is 2. The van der Waals surface area contributed by atoms with Crippen molar-refractivity contribution in [2.45, 2.75) is 6.92 Å². The van der Waals surface area contributed by atoms with E-state index >= 15 is 0 Å². The summed E-state index contributed by atoms with van der Waals surface area (Å²) >= 11 is 0. The molecule has 22 heavy (non-hydrogen) atoms. The van der Waals surface area contributed by atoms with Crippen molar-refractivity contribution in [1.29, 1.82) is 0 Å². The van der Waals surface area contributed by atoms with Crippen LogP contribution in [0.1, 0.15) is 5.56 Å². The highest BCUT2D eigenvalue weighted by atomic mass is 16.3. The Morgan fingerprint density at radius 1 is 1.00 bits per heavy atom. The molecule has 2 aromatic rings. The first-order valence-electron chi connectivity index (χ1n) is 6.56. The van der Waals surface area contributed by atoms with Crippen molar-refractivity contribution in [3.05, 3.63) is 48.0 Å². The Morgan fingerprint density at radius 3 is 2.18 bits per heavy atom. The van der Waals surface area contributed by atoms with Crippen LogP contribution in [0.25, 0.3) is 0 Å². The van der Waals surface area contributed by atoms with E-state index in [2.05, 4.69) is 5.32 Å².